The van der Waals surface area contributed by atoms with Gasteiger partial charge in [-0.05, 0) is 6.92 Å². The Morgan fingerprint density at radius 2 is 1.83 bits per heavy atom. The highest BCUT2D eigenvalue weighted by molar-refractivity contribution is 4.48. The third-order valence-corrected chi connectivity index (χ3v) is 1.16. The Kier molecular flexibility index (Phi) is 7.33. The Hall–Kier alpha value is -0.200. The van der Waals surface area contributed by atoms with E-state index in [0.29, 0.717) is 6.61 Å². The first-order valence-corrected chi connectivity index (χ1v) is 3.85. The SMILES string of the molecule is CC(O)C(O)OCCOCCO. The molecule has 0 aliphatic carbocycles. The summed E-state index contributed by atoms with van der Waals surface area (Å²) in [6, 6.07) is 0. The minimum Gasteiger partial charge on any atom is -0.394 e. The smallest absolute Gasteiger partial charge is 0.180 e. The predicted molar refractivity (Wildman–Crippen MR) is 41.5 cm³/mol. The van der Waals surface area contributed by atoms with Crippen LogP contribution in [0.4, 0.5) is 0 Å². The first-order chi connectivity index (χ1) is 5.68. The first kappa shape index (κ1) is 11.8. The van der Waals surface area contributed by atoms with Crippen molar-refractivity contribution in [3.63, 3.8) is 0 Å². The molecule has 2 atom stereocenters. The van der Waals surface area contributed by atoms with Gasteiger partial charge in [0.1, 0.15) is 6.10 Å². The lowest BCUT2D eigenvalue weighted by atomic mass is 10.4. The molecule has 0 aliphatic rings. The number of ether oxygens (including phenoxy) is 2. The third-order valence-electron chi connectivity index (χ3n) is 1.16. The van der Waals surface area contributed by atoms with Gasteiger partial charge in [-0.15, -0.1) is 0 Å². The van der Waals surface area contributed by atoms with Crippen molar-refractivity contribution in [2.45, 2.75) is 19.3 Å². The molecule has 0 fully saturated rings. The fourth-order valence-electron chi connectivity index (χ4n) is 0.534. The number of aliphatic hydroxyl groups is 3. The maximum Gasteiger partial charge on any atom is 0.180 e. The lowest BCUT2D eigenvalue weighted by Gasteiger charge is -2.13. The van der Waals surface area contributed by atoms with Crippen molar-refractivity contribution in [2.75, 3.05) is 26.4 Å². The molecule has 0 saturated carbocycles. The van der Waals surface area contributed by atoms with Crippen LogP contribution in [-0.4, -0.2) is 54.1 Å². The van der Waals surface area contributed by atoms with Gasteiger partial charge in [0, 0.05) is 0 Å². The Morgan fingerprint density at radius 1 is 1.17 bits per heavy atom. The van der Waals surface area contributed by atoms with E-state index in [-0.39, 0.29) is 19.8 Å². The van der Waals surface area contributed by atoms with Crippen molar-refractivity contribution in [2.24, 2.45) is 0 Å². The molecule has 0 saturated heterocycles. The highest BCUT2D eigenvalue weighted by Gasteiger charge is 2.09. The monoisotopic (exact) mass is 180 g/mol. The van der Waals surface area contributed by atoms with E-state index in [9.17, 15) is 0 Å². The van der Waals surface area contributed by atoms with Crippen molar-refractivity contribution in [1.29, 1.82) is 0 Å². The molecule has 0 rings (SSSR count). The molecule has 0 aliphatic heterocycles. The van der Waals surface area contributed by atoms with Gasteiger partial charge in [-0.3, -0.25) is 0 Å². The second kappa shape index (κ2) is 7.45. The summed E-state index contributed by atoms with van der Waals surface area (Å²) in [6.07, 6.45) is -2.06. The zero-order chi connectivity index (χ0) is 9.40. The Morgan fingerprint density at radius 3 is 2.33 bits per heavy atom. The molecule has 74 valence electrons. The zero-order valence-electron chi connectivity index (χ0n) is 7.14. The molecule has 0 bridgehead atoms. The van der Waals surface area contributed by atoms with Crippen LogP contribution in [0.25, 0.3) is 0 Å². The second-order valence-corrected chi connectivity index (χ2v) is 2.34. The van der Waals surface area contributed by atoms with Gasteiger partial charge >= 0.3 is 0 Å². The molecule has 5 heteroatoms. The number of hydrogen-bond acceptors (Lipinski definition) is 5. The molecular formula is C7H16O5. The number of hydrogen-bond donors (Lipinski definition) is 3. The van der Waals surface area contributed by atoms with E-state index in [1.807, 2.05) is 0 Å². The maximum atomic E-state index is 8.91. The maximum absolute atomic E-state index is 8.91. The molecule has 5 nitrogen and oxygen atoms in total. The highest BCUT2D eigenvalue weighted by atomic mass is 16.6. The molecule has 3 N–H and O–H groups in total. The number of rotatable bonds is 7. The molecule has 12 heavy (non-hydrogen) atoms. The molecule has 2 unspecified atom stereocenters. The predicted octanol–water partition coefficient (Wildman–Crippen LogP) is -1.29. The van der Waals surface area contributed by atoms with Gasteiger partial charge in [-0.25, -0.2) is 0 Å². The summed E-state index contributed by atoms with van der Waals surface area (Å²) in [5.41, 5.74) is 0. The lowest BCUT2D eigenvalue weighted by Crippen LogP contribution is -2.27. The van der Waals surface area contributed by atoms with Crippen LogP contribution in [0.15, 0.2) is 0 Å². The lowest BCUT2D eigenvalue weighted by molar-refractivity contribution is -0.163. The standard InChI is InChI=1S/C7H16O5/c1-6(9)7(10)12-5-4-11-3-2-8/h6-10H,2-5H2,1H3. The Balaban J connectivity index is 3.08. The minimum atomic E-state index is -1.16. The van der Waals surface area contributed by atoms with Crippen LogP contribution >= 0.6 is 0 Å². The summed E-state index contributed by atoms with van der Waals surface area (Å²) in [4.78, 5) is 0. The van der Waals surface area contributed by atoms with Crippen molar-refractivity contribution in [3.05, 3.63) is 0 Å². The third kappa shape index (κ3) is 6.51. The molecule has 0 heterocycles. The van der Waals surface area contributed by atoms with Gasteiger partial charge in [0.15, 0.2) is 6.29 Å². The van der Waals surface area contributed by atoms with Crippen molar-refractivity contribution in [1.82, 2.24) is 0 Å². The highest BCUT2D eigenvalue weighted by Crippen LogP contribution is 1.93. The van der Waals surface area contributed by atoms with Crippen molar-refractivity contribution in [3.8, 4) is 0 Å². The van der Waals surface area contributed by atoms with E-state index in [0.717, 1.165) is 0 Å². The van der Waals surface area contributed by atoms with Gasteiger partial charge in [0.25, 0.3) is 0 Å². The molecule has 0 radical (unpaired) electrons. The van der Waals surface area contributed by atoms with Crippen molar-refractivity contribution < 1.29 is 24.8 Å². The van der Waals surface area contributed by atoms with Crippen LogP contribution in [0.1, 0.15) is 6.92 Å². The summed E-state index contributed by atoms with van der Waals surface area (Å²) in [6.45, 7) is 2.16. The summed E-state index contributed by atoms with van der Waals surface area (Å²) in [5.74, 6) is 0. The average molecular weight is 180 g/mol. The normalized spacial score (nSPS) is 16.0. The second-order valence-electron chi connectivity index (χ2n) is 2.34. The average Bonchev–Trinajstić information content (AvgIpc) is 2.03. The van der Waals surface area contributed by atoms with E-state index in [4.69, 9.17) is 24.8 Å². The molecule has 0 aromatic rings. The van der Waals surface area contributed by atoms with Crippen LogP contribution in [0, 0.1) is 0 Å². The zero-order valence-corrected chi connectivity index (χ0v) is 7.14. The topological polar surface area (TPSA) is 79.2 Å². The fraction of sp³-hybridized carbons (Fsp3) is 1.00. The fourth-order valence-corrected chi connectivity index (χ4v) is 0.534. The molecular weight excluding hydrogens is 164 g/mol. The summed E-state index contributed by atoms with van der Waals surface area (Å²) >= 11 is 0. The van der Waals surface area contributed by atoms with E-state index in [2.05, 4.69) is 0 Å². The van der Waals surface area contributed by atoms with Crippen LogP contribution in [-0.2, 0) is 9.47 Å². The van der Waals surface area contributed by atoms with Crippen LogP contribution < -0.4 is 0 Å². The quantitative estimate of drug-likeness (QED) is 0.335. The van der Waals surface area contributed by atoms with Crippen LogP contribution in [0.3, 0.4) is 0 Å². The molecule has 0 aromatic heterocycles. The summed E-state index contributed by atoms with van der Waals surface area (Å²) < 4.78 is 9.59. The minimum absolute atomic E-state index is 0.0288. The van der Waals surface area contributed by atoms with E-state index in [1.165, 1.54) is 6.92 Å². The van der Waals surface area contributed by atoms with Gasteiger partial charge in [0.2, 0.25) is 0 Å². The Bertz CT molecular complexity index is 95.8. The van der Waals surface area contributed by atoms with E-state index >= 15 is 0 Å². The summed E-state index contributed by atoms with van der Waals surface area (Å²) in [5, 5.41) is 26.0. The molecule has 0 spiro atoms. The van der Waals surface area contributed by atoms with E-state index in [1.54, 1.807) is 0 Å². The van der Waals surface area contributed by atoms with Crippen molar-refractivity contribution >= 4 is 0 Å². The van der Waals surface area contributed by atoms with Gasteiger partial charge in [-0.2, -0.15) is 0 Å². The van der Waals surface area contributed by atoms with Gasteiger partial charge in [-0.1, -0.05) is 0 Å². The molecule has 0 aromatic carbocycles. The summed E-state index contributed by atoms with van der Waals surface area (Å²) in [7, 11) is 0. The van der Waals surface area contributed by atoms with Gasteiger partial charge in [0.05, 0.1) is 26.4 Å². The molecule has 0 amide bonds. The van der Waals surface area contributed by atoms with Crippen LogP contribution in [0.5, 0.6) is 0 Å². The Labute approximate surface area is 71.5 Å². The number of aliphatic hydroxyl groups excluding tert-OH is 3. The first-order valence-electron chi connectivity index (χ1n) is 3.85. The van der Waals surface area contributed by atoms with Crippen LogP contribution in [0.2, 0.25) is 0 Å². The van der Waals surface area contributed by atoms with E-state index < -0.39 is 12.4 Å². The largest absolute Gasteiger partial charge is 0.394 e. The van der Waals surface area contributed by atoms with Gasteiger partial charge < -0.3 is 24.8 Å².